The Morgan fingerprint density at radius 2 is 1.58 bits per heavy atom. The smallest absolute Gasteiger partial charge is 0.129 e. The summed E-state index contributed by atoms with van der Waals surface area (Å²) in [5, 5.41) is 0. The number of rotatable bonds is 3. The third-order valence-corrected chi connectivity index (χ3v) is 9.62. The maximum atomic E-state index is 11.5. The van der Waals surface area contributed by atoms with E-state index in [1.807, 2.05) is 13.8 Å². The summed E-state index contributed by atoms with van der Waals surface area (Å²) in [4.78, 5) is 11.5. The quantitative estimate of drug-likeness (QED) is 0.511. The second kappa shape index (κ2) is 7.96. The van der Waals surface area contributed by atoms with Crippen LogP contribution in [0.4, 0.5) is 0 Å². The van der Waals surface area contributed by atoms with Gasteiger partial charge in [0.2, 0.25) is 0 Å². The number of carbonyl (C=O) groups excluding carboxylic acids is 1. The zero-order valence-corrected chi connectivity index (χ0v) is 18.3. The van der Waals surface area contributed by atoms with Crippen LogP contribution in [-0.2, 0) is 4.79 Å². The maximum absolute atomic E-state index is 11.5. The molecule has 1 nitrogen and oxygen atoms in total. The molecule has 0 radical (unpaired) electrons. The minimum Gasteiger partial charge on any atom is -0.300 e. The highest BCUT2D eigenvalue weighted by molar-refractivity contribution is 5.75. The van der Waals surface area contributed by atoms with E-state index in [9.17, 15) is 4.79 Å². The van der Waals surface area contributed by atoms with Crippen molar-refractivity contribution >= 4 is 5.78 Å². The lowest BCUT2D eigenvalue weighted by atomic mass is 9.45. The molecule has 0 aromatic carbocycles. The molecule has 0 amide bonds. The number of ketones is 1. The second-order valence-corrected chi connectivity index (χ2v) is 10.5. The molecule has 0 aromatic heterocycles. The van der Waals surface area contributed by atoms with Crippen molar-refractivity contribution in [2.75, 3.05) is 0 Å². The Morgan fingerprint density at radius 3 is 2.31 bits per heavy atom. The first-order valence-corrected chi connectivity index (χ1v) is 11.9. The molecule has 4 fully saturated rings. The molecule has 0 aromatic rings. The Bertz CT molecular complexity index is 496. The van der Waals surface area contributed by atoms with Crippen molar-refractivity contribution in [3.05, 3.63) is 0 Å². The van der Waals surface area contributed by atoms with Gasteiger partial charge in [0.05, 0.1) is 0 Å². The van der Waals surface area contributed by atoms with Crippen molar-refractivity contribution in [2.24, 2.45) is 40.4 Å². The predicted octanol–water partition coefficient (Wildman–Crippen LogP) is 7.43. The van der Waals surface area contributed by atoms with Gasteiger partial charge in [-0.1, -0.05) is 40.5 Å². The average Bonchev–Trinajstić information content (AvgIpc) is 2.97. The van der Waals surface area contributed by atoms with Gasteiger partial charge in [-0.25, -0.2) is 0 Å². The van der Waals surface area contributed by atoms with Gasteiger partial charge in [-0.3, -0.25) is 0 Å². The van der Waals surface area contributed by atoms with E-state index >= 15 is 0 Å². The van der Waals surface area contributed by atoms with Gasteiger partial charge in [-0.15, -0.1) is 0 Å². The lowest BCUT2D eigenvalue weighted by Gasteiger charge is -2.60. The number of hydrogen-bond donors (Lipinski definition) is 0. The zero-order chi connectivity index (χ0) is 18.9. The van der Waals surface area contributed by atoms with Crippen LogP contribution in [0.15, 0.2) is 0 Å². The molecule has 1 heteroatoms. The lowest BCUT2D eigenvalue weighted by molar-refractivity contribution is -0.119. The lowest BCUT2D eigenvalue weighted by Crippen LogP contribution is -2.52. The van der Waals surface area contributed by atoms with Crippen LogP contribution >= 0.6 is 0 Å². The fourth-order valence-corrected chi connectivity index (χ4v) is 8.26. The van der Waals surface area contributed by atoms with Crippen molar-refractivity contribution in [1.82, 2.24) is 0 Å². The Kier molecular flexibility index (Phi) is 6.25. The molecule has 4 saturated carbocycles. The number of carbonyl (C=O) groups is 1. The third-order valence-electron chi connectivity index (χ3n) is 9.62. The van der Waals surface area contributed by atoms with Crippen LogP contribution in [0.1, 0.15) is 112 Å². The van der Waals surface area contributed by atoms with Crippen LogP contribution in [-0.4, -0.2) is 5.78 Å². The van der Waals surface area contributed by atoms with Crippen molar-refractivity contribution < 1.29 is 4.79 Å². The Balaban J connectivity index is 0.000000948. The van der Waals surface area contributed by atoms with Crippen molar-refractivity contribution in [3.8, 4) is 0 Å². The summed E-state index contributed by atoms with van der Waals surface area (Å²) in [5.41, 5.74) is 1.22. The van der Waals surface area contributed by atoms with Crippen LogP contribution in [0.5, 0.6) is 0 Å². The first-order chi connectivity index (χ1) is 12.4. The Morgan fingerprint density at radius 1 is 0.846 bits per heavy atom. The zero-order valence-electron chi connectivity index (χ0n) is 18.3. The standard InChI is InChI=1S/C23H38O.C2H6/c1-16(24)7-8-18-10-12-20-19-11-9-17-6-4-5-14-22(17,2)21(19)13-15-23(18,20)3;1-2/h17-21H,4-15H2,1-3H3;1-2H3. The molecule has 7 atom stereocenters. The molecule has 0 N–H and O–H groups in total. The largest absolute Gasteiger partial charge is 0.300 e. The number of fused-ring (bicyclic) bond motifs is 5. The molecule has 0 aliphatic heterocycles. The van der Waals surface area contributed by atoms with E-state index in [0.717, 1.165) is 36.0 Å². The molecular formula is C25H44O. The van der Waals surface area contributed by atoms with E-state index in [-0.39, 0.29) is 0 Å². The third kappa shape index (κ3) is 3.30. The van der Waals surface area contributed by atoms with Gasteiger partial charge < -0.3 is 4.79 Å². The van der Waals surface area contributed by atoms with Crippen molar-refractivity contribution in [1.29, 1.82) is 0 Å². The molecule has 0 heterocycles. The highest BCUT2D eigenvalue weighted by Crippen LogP contribution is 2.67. The highest BCUT2D eigenvalue weighted by atomic mass is 16.1. The molecule has 150 valence electrons. The molecular weight excluding hydrogens is 316 g/mol. The van der Waals surface area contributed by atoms with Crippen molar-refractivity contribution in [3.63, 3.8) is 0 Å². The van der Waals surface area contributed by atoms with E-state index in [1.54, 1.807) is 6.92 Å². The summed E-state index contributed by atoms with van der Waals surface area (Å²) in [7, 11) is 0. The molecule has 4 aliphatic rings. The molecule has 4 aliphatic carbocycles. The molecule has 4 rings (SSSR count). The minimum atomic E-state index is 0.394. The Hall–Kier alpha value is -0.330. The summed E-state index contributed by atoms with van der Waals surface area (Å²) in [6.07, 6.45) is 16.8. The van der Waals surface area contributed by atoms with Crippen molar-refractivity contribution in [2.45, 2.75) is 112 Å². The highest BCUT2D eigenvalue weighted by Gasteiger charge is 2.59. The fourth-order valence-electron chi connectivity index (χ4n) is 8.26. The normalized spacial score (nSPS) is 47.0. The number of hydrogen-bond acceptors (Lipinski definition) is 1. The van der Waals surface area contributed by atoms with Crippen LogP contribution < -0.4 is 0 Å². The van der Waals surface area contributed by atoms with E-state index in [0.29, 0.717) is 16.6 Å². The topological polar surface area (TPSA) is 17.1 Å². The van der Waals surface area contributed by atoms with Crippen LogP contribution in [0.2, 0.25) is 0 Å². The van der Waals surface area contributed by atoms with Gasteiger partial charge in [0.15, 0.2) is 0 Å². The maximum Gasteiger partial charge on any atom is 0.129 e. The molecule has 26 heavy (non-hydrogen) atoms. The van der Waals surface area contributed by atoms with Gasteiger partial charge in [-0.05, 0) is 105 Å². The van der Waals surface area contributed by atoms with Gasteiger partial charge in [0.25, 0.3) is 0 Å². The molecule has 0 bridgehead atoms. The first kappa shape index (κ1) is 20.4. The Labute approximate surface area is 163 Å². The summed E-state index contributed by atoms with van der Waals surface area (Å²) in [5.74, 6) is 5.24. The van der Waals surface area contributed by atoms with Gasteiger partial charge in [0.1, 0.15) is 5.78 Å². The second-order valence-electron chi connectivity index (χ2n) is 10.5. The molecule has 7 unspecified atom stereocenters. The van der Waals surface area contributed by atoms with E-state index in [2.05, 4.69) is 13.8 Å². The minimum absolute atomic E-state index is 0.394. The summed E-state index contributed by atoms with van der Waals surface area (Å²) in [6.45, 7) is 11.1. The van der Waals surface area contributed by atoms with Crippen LogP contribution in [0, 0.1) is 40.4 Å². The fraction of sp³-hybridized carbons (Fsp3) is 0.960. The summed E-state index contributed by atoms with van der Waals surface area (Å²) < 4.78 is 0. The summed E-state index contributed by atoms with van der Waals surface area (Å²) >= 11 is 0. The van der Waals surface area contributed by atoms with E-state index in [1.165, 1.54) is 70.6 Å². The van der Waals surface area contributed by atoms with Gasteiger partial charge in [0, 0.05) is 6.42 Å². The van der Waals surface area contributed by atoms with Gasteiger partial charge in [-0.2, -0.15) is 0 Å². The van der Waals surface area contributed by atoms with E-state index in [4.69, 9.17) is 0 Å². The predicted molar refractivity (Wildman–Crippen MR) is 111 cm³/mol. The van der Waals surface area contributed by atoms with E-state index < -0.39 is 0 Å². The SMILES string of the molecule is CC.CC(=O)CCC1CCC2C3CCC4CCCCC4(C)C3CCC12C. The monoisotopic (exact) mass is 360 g/mol. The first-order valence-electron chi connectivity index (χ1n) is 11.9. The molecule has 0 spiro atoms. The number of Topliss-reactive ketones (excluding diaryl/α,β-unsaturated/α-hetero) is 1. The average molecular weight is 361 g/mol. The van der Waals surface area contributed by atoms with Crippen LogP contribution in [0.3, 0.4) is 0 Å². The summed E-state index contributed by atoms with van der Waals surface area (Å²) in [6, 6.07) is 0. The van der Waals surface area contributed by atoms with Gasteiger partial charge >= 0.3 is 0 Å². The molecule has 0 saturated heterocycles. The van der Waals surface area contributed by atoms with Crippen LogP contribution in [0.25, 0.3) is 0 Å².